The Morgan fingerprint density at radius 2 is 1.93 bits per heavy atom. The molecule has 0 aromatic carbocycles. The van der Waals surface area contributed by atoms with Gasteiger partial charge in [-0.1, -0.05) is 6.92 Å². The standard InChI is InChI=1S/C19H37N5O3.HI/c1-6-20-17(21-11-15(2)12-23-7-9-26-10-8-23)22-16-13-24(14-16)18(25)27-19(3,4)5;/h15-16H,6-14H2,1-5H3,(H2,20,21,22);1H. The monoisotopic (exact) mass is 511 g/mol. The molecule has 2 saturated heterocycles. The first-order valence-electron chi connectivity index (χ1n) is 10.1. The third-order valence-electron chi connectivity index (χ3n) is 4.45. The highest BCUT2D eigenvalue weighted by Crippen LogP contribution is 2.15. The molecule has 2 N–H and O–H groups in total. The van der Waals surface area contributed by atoms with Crippen molar-refractivity contribution in [3.05, 3.63) is 0 Å². The van der Waals surface area contributed by atoms with Gasteiger partial charge in [-0.15, -0.1) is 24.0 Å². The molecule has 164 valence electrons. The van der Waals surface area contributed by atoms with E-state index >= 15 is 0 Å². The highest BCUT2D eigenvalue weighted by Gasteiger charge is 2.34. The van der Waals surface area contributed by atoms with Gasteiger partial charge in [0.25, 0.3) is 0 Å². The van der Waals surface area contributed by atoms with Gasteiger partial charge < -0.3 is 25.0 Å². The van der Waals surface area contributed by atoms with Crippen LogP contribution in [0.25, 0.3) is 0 Å². The number of nitrogens with zero attached hydrogens (tertiary/aromatic N) is 3. The van der Waals surface area contributed by atoms with E-state index in [0.717, 1.165) is 51.9 Å². The van der Waals surface area contributed by atoms with E-state index in [1.54, 1.807) is 4.90 Å². The topological polar surface area (TPSA) is 78.4 Å². The van der Waals surface area contributed by atoms with E-state index in [2.05, 4.69) is 29.4 Å². The van der Waals surface area contributed by atoms with Gasteiger partial charge in [0.2, 0.25) is 0 Å². The Morgan fingerprint density at radius 3 is 2.50 bits per heavy atom. The molecule has 0 radical (unpaired) electrons. The highest BCUT2D eigenvalue weighted by atomic mass is 127. The Morgan fingerprint density at radius 1 is 1.29 bits per heavy atom. The summed E-state index contributed by atoms with van der Waals surface area (Å²) in [6.07, 6.45) is -0.248. The van der Waals surface area contributed by atoms with Crippen LogP contribution in [0.5, 0.6) is 0 Å². The first kappa shape index (κ1) is 25.2. The van der Waals surface area contributed by atoms with E-state index in [0.29, 0.717) is 19.0 Å². The van der Waals surface area contributed by atoms with E-state index in [1.165, 1.54) is 0 Å². The minimum Gasteiger partial charge on any atom is -0.444 e. The number of carbonyl (C=O) groups excluding carboxylic acids is 1. The van der Waals surface area contributed by atoms with Crippen LogP contribution in [-0.4, -0.2) is 92.5 Å². The van der Waals surface area contributed by atoms with Crippen molar-refractivity contribution in [2.45, 2.75) is 46.3 Å². The van der Waals surface area contributed by atoms with E-state index in [4.69, 9.17) is 14.5 Å². The number of rotatable bonds is 6. The van der Waals surface area contributed by atoms with E-state index in [9.17, 15) is 4.79 Å². The summed E-state index contributed by atoms with van der Waals surface area (Å²) in [7, 11) is 0. The molecule has 0 spiro atoms. The van der Waals surface area contributed by atoms with Gasteiger partial charge in [-0.25, -0.2) is 4.79 Å². The van der Waals surface area contributed by atoms with Gasteiger partial charge >= 0.3 is 6.09 Å². The number of likely N-dealkylation sites (tertiary alicyclic amines) is 1. The van der Waals surface area contributed by atoms with Gasteiger partial charge in [0.1, 0.15) is 5.60 Å². The molecule has 2 aliphatic rings. The predicted octanol–water partition coefficient (Wildman–Crippen LogP) is 1.75. The molecular weight excluding hydrogens is 473 g/mol. The largest absolute Gasteiger partial charge is 0.444 e. The number of ether oxygens (including phenoxy) is 2. The van der Waals surface area contributed by atoms with Crippen LogP contribution in [0.2, 0.25) is 0 Å². The van der Waals surface area contributed by atoms with Crippen LogP contribution >= 0.6 is 24.0 Å². The number of hydrogen-bond donors (Lipinski definition) is 2. The Balaban J connectivity index is 0.00000392. The second kappa shape index (κ2) is 12.0. The second-order valence-corrected chi connectivity index (χ2v) is 8.46. The van der Waals surface area contributed by atoms with E-state index in [1.807, 2.05) is 20.8 Å². The molecule has 2 fully saturated rings. The quantitative estimate of drug-likeness (QED) is 0.322. The van der Waals surface area contributed by atoms with Crippen molar-refractivity contribution in [1.29, 1.82) is 0 Å². The Kier molecular flexibility index (Phi) is 10.8. The van der Waals surface area contributed by atoms with Crippen LogP contribution in [-0.2, 0) is 9.47 Å². The molecule has 8 nitrogen and oxygen atoms in total. The highest BCUT2D eigenvalue weighted by molar-refractivity contribution is 14.0. The summed E-state index contributed by atoms with van der Waals surface area (Å²) >= 11 is 0. The Bertz CT molecular complexity index is 500. The molecule has 0 aliphatic carbocycles. The van der Waals surface area contributed by atoms with Gasteiger partial charge in [0.05, 0.1) is 19.3 Å². The number of guanidine groups is 1. The maximum absolute atomic E-state index is 12.0. The first-order valence-corrected chi connectivity index (χ1v) is 10.1. The average molecular weight is 511 g/mol. The number of carbonyl (C=O) groups is 1. The van der Waals surface area contributed by atoms with Gasteiger partial charge in [-0.3, -0.25) is 9.89 Å². The van der Waals surface area contributed by atoms with Gasteiger partial charge in [-0.05, 0) is 33.6 Å². The van der Waals surface area contributed by atoms with Crippen LogP contribution < -0.4 is 10.6 Å². The first-order chi connectivity index (χ1) is 12.8. The lowest BCUT2D eigenvalue weighted by Crippen LogP contribution is -2.63. The summed E-state index contributed by atoms with van der Waals surface area (Å²) in [5.74, 6) is 1.30. The van der Waals surface area contributed by atoms with Crippen molar-refractivity contribution < 1.29 is 14.3 Å². The normalized spacial score (nSPS) is 20.0. The van der Waals surface area contributed by atoms with Crippen LogP contribution in [0.4, 0.5) is 4.79 Å². The zero-order valence-corrected chi connectivity index (χ0v) is 20.3. The maximum Gasteiger partial charge on any atom is 0.410 e. The molecule has 28 heavy (non-hydrogen) atoms. The van der Waals surface area contributed by atoms with Crippen LogP contribution in [0, 0.1) is 5.92 Å². The molecule has 2 heterocycles. The minimum absolute atomic E-state index is 0. The third kappa shape index (κ3) is 9.13. The van der Waals surface area contributed by atoms with Crippen molar-refractivity contribution in [2.75, 3.05) is 59.0 Å². The molecule has 1 atom stereocenters. The SMILES string of the molecule is CCNC(=NCC(C)CN1CCOCC1)NC1CN(C(=O)OC(C)(C)C)C1.I. The number of nitrogens with one attached hydrogen (secondary N) is 2. The molecule has 0 aromatic rings. The van der Waals surface area contributed by atoms with Crippen molar-refractivity contribution in [3.63, 3.8) is 0 Å². The van der Waals surface area contributed by atoms with Crippen LogP contribution in [0.15, 0.2) is 4.99 Å². The average Bonchev–Trinajstić information content (AvgIpc) is 2.54. The summed E-state index contributed by atoms with van der Waals surface area (Å²) in [6, 6.07) is 0.213. The summed E-state index contributed by atoms with van der Waals surface area (Å²) < 4.78 is 10.8. The maximum atomic E-state index is 12.0. The summed E-state index contributed by atoms with van der Waals surface area (Å²) in [4.78, 5) is 20.9. The van der Waals surface area contributed by atoms with Crippen molar-refractivity contribution in [2.24, 2.45) is 10.9 Å². The van der Waals surface area contributed by atoms with Crippen LogP contribution in [0.1, 0.15) is 34.6 Å². The Labute approximate surface area is 186 Å². The fourth-order valence-corrected chi connectivity index (χ4v) is 3.09. The van der Waals surface area contributed by atoms with Crippen LogP contribution in [0.3, 0.4) is 0 Å². The van der Waals surface area contributed by atoms with E-state index < -0.39 is 5.60 Å². The van der Waals surface area contributed by atoms with Crippen molar-refractivity contribution in [1.82, 2.24) is 20.4 Å². The lowest BCUT2D eigenvalue weighted by Gasteiger charge is -2.40. The van der Waals surface area contributed by atoms with Crippen molar-refractivity contribution in [3.8, 4) is 0 Å². The number of aliphatic imine (C=N–C) groups is 1. The fourth-order valence-electron chi connectivity index (χ4n) is 3.09. The molecular formula is C19H38IN5O3. The second-order valence-electron chi connectivity index (χ2n) is 8.46. The molecule has 2 aliphatic heterocycles. The molecule has 0 aromatic heterocycles. The summed E-state index contributed by atoms with van der Waals surface area (Å²) in [5, 5.41) is 6.71. The zero-order chi connectivity index (χ0) is 19.9. The van der Waals surface area contributed by atoms with Crippen molar-refractivity contribution >= 4 is 36.0 Å². The van der Waals surface area contributed by atoms with E-state index in [-0.39, 0.29) is 36.1 Å². The molecule has 0 saturated carbocycles. The van der Waals surface area contributed by atoms with Gasteiger partial charge in [-0.2, -0.15) is 0 Å². The Hall–Kier alpha value is -0.810. The number of hydrogen-bond acceptors (Lipinski definition) is 5. The molecule has 1 amide bonds. The zero-order valence-electron chi connectivity index (χ0n) is 18.0. The summed E-state index contributed by atoms with van der Waals surface area (Å²) in [6.45, 7) is 17.5. The number of morpholine rings is 1. The van der Waals surface area contributed by atoms with Gasteiger partial charge in [0, 0.05) is 45.8 Å². The third-order valence-corrected chi connectivity index (χ3v) is 4.45. The lowest BCUT2D eigenvalue weighted by molar-refractivity contribution is 0.00700. The van der Waals surface area contributed by atoms with Gasteiger partial charge in [0.15, 0.2) is 5.96 Å². The predicted molar refractivity (Wildman–Crippen MR) is 123 cm³/mol. The minimum atomic E-state index is -0.456. The molecule has 9 heteroatoms. The number of halogens is 1. The molecule has 0 bridgehead atoms. The molecule has 1 unspecified atom stereocenters. The lowest BCUT2D eigenvalue weighted by atomic mass is 10.1. The smallest absolute Gasteiger partial charge is 0.410 e. The summed E-state index contributed by atoms with van der Waals surface area (Å²) in [5.41, 5.74) is -0.456. The number of amides is 1. The fraction of sp³-hybridized carbons (Fsp3) is 0.895. The molecule has 2 rings (SSSR count).